The summed E-state index contributed by atoms with van der Waals surface area (Å²) in [7, 11) is -3.78. The van der Waals surface area contributed by atoms with Gasteiger partial charge in [0.1, 0.15) is 0 Å². The molecule has 1 amide bonds. The Morgan fingerprint density at radius 2 is 1.70 bits per heavy atom. The van der Waals surface area contributed by atoms with Crippen LogP contribution >= 0.6 is 0 Å². The molecule has 4 rings (SSSR count). The van der Waals surface area contributed by atoms with Crippen molar-refractivity contribution in [3.8, 4) is 5.75 Å². The fourth-order valence-corrected chi connectivity index (χ4v) is 4.82. The van der Waals surface area contributed by atoms with Crippen molar-refractivity contribution in [2.24, 2.45) is 5.92 Å². The van der Waals surface area contributed by atoms with Crippen molar-refractivity contribution >= 4 is 27.4 Å². The third-order valence-corrected chi connectivity index (χ3v) is 6.96. The van der Waals surface area contributed by atoms with Gasteiger partial charge in [-0.1, -0.05) is 19.3 Å². The van der Waals surface area contributed by atoms with Crippen molar-refractivity contribution < 1.29 is 17.9 Å². The van der Waals surface area contributed by atoms with Gasteiger partial charge in [-0.3, -0.25) is 14.5 Å². The maximum absolute atomic E-state index is 12.7. The zero-order chi connectivity index (χ0) is 23.1. The summed E-state index contributed by atoms with van der Waals surface area (Å²) < 4.78 is 33.6. The third kappa shape index (κ3) is 6.07. The maximum Gasteiger partial charge on any atom is 0.261 e. The summed E-state index contributed by atoms with van der Waals surface area (Å²) in [5.74, 6) is 0.992. The fourth-order valence-electron chi connectivity index (χ4n) is 3.76. The SMILES string of the molecule is O=C(Nc1ncccc1OCC1CCCCC1)c1ccc(S(=O)(=O)Nc2ccncc2)cc1. The Labute approximate surface area is 193 Å². The Morgan fingerprint density at radius 3 is 2.42 bits per heavy atom. The first kappa shape index (κ1) is 22.7. The van der Waals surface area contributed by atoms with Gasteiger partial charge in [0.2, 0.25) is 0 Å². The van der Waals surface area contributed by atoms with Gasteiger partial charge in [-0.2, -0.15) is 0 Å². The summed E-state index contributed by atoms with van der Waals surface area (Å²) in [5, 5.41) is 2.77. The molecule has 2 aromatic heterocycles. The highest BCUT2D eigenvalue weighted by Gasteiger charge is 2.18. The Morgan fingerprint density at radius 1 is 0.970 bits per heavy atom. The number of nitrogens with one attached hydrogen (secondary N) is 2. The molecule has 172 valence electrons. The first-order valence-corrected chi connectivity index (χ1v) is 12.4. The van der Waals surface area contributed by atoms with Crippen LogP contribution in [0.1, 0.15) is 42.5 Å². The molecule has 1 fully saturated rings. The minimum atomic E-state index is -3.78. The van der Waals surface area contributed by atoms with E-state index in [1.54, 1.807) is 30.5 Å². The summed E-state index contributed by atoms with van der Waals surface area (Å²) in [6.07, 6.45) is 10.6. The summed E-state index contributed by atoms with van der Waals surface area (Å²) in [6.45, 7) is 0.603. The highest BCUT2D eigenvalue weighted by atomic mass is 32.2. The largest absolute Gasteiger partial charge is 0.489 e. The van der Waals surface area contributed by atoms with E-state index in [4.69, 9.17) is 4.74 Å². The minimum Gasteiger partial charge on any atom is -0.489 e. The topological polar surface area (TPSA) is 110 Å². The fraction of sp³-hybridized carbons (Fsp3) is 0.292. The first-order valence-electron chi connectivity index (χ1n) is 10.9. The maximum atomic E-state index is 12.7. The lowest BCUT2D eigenvalue weighted by atomic mass is 9.90. The second-order valence-electron chi connectivity index (χ2n) is 7.99. The lowest BCUT2D eigenvalue weighted by molar-refractivity contribution is 0.102. The van der Waals surface area contributed by atoms with Crippen LogP contribution in [0.3, 0.4) is 0 Å². The molecule has 9 heteroatoms. The number of aromatic nitrogens is 2. The predicted molar refractivity (Wildman–Crippen MR) is 126 cm³/mol. The number of ether oxygens (including phenoxy) is 1. The number of hydrogen-bond acceptors (Lipinski definition) is 6. The van der Waals surface area contributed by atoms with E-state index in [-0.39, 0.29) is 4.90 Å². The molecule has 1 aliphatic carbocycles. The predicted octanol–water partition coefficient (Wildman–Crippen LogP) is 4.49. The molecular formula is C24H26N4O4S. The lowest BCUT2D eigenvalue weighted by Gasteiger charge is -2.22. The van der Waals surface area contributed by atoms with Gasteiger partial charge in [-0.05, 0) is 67.3 Å². The number of carbonyl (C=O) groups is 1. The van der Waals surface area contributed by atoms with Crippen molar-refractivity contribution in [2.75, 3.05) is 16.6 Å². The van der Waals surface area contributed by atoms with Crippen molar-refractivity contribution in [3.63, 3.8) is 0 Å². The molecule has 1 aliphatic rings. The molecule has 0 bridgehead atoms. The molecule has 8 nitrogen and oxygen atoms in total. The molecule has 2 N–H and O–H groups in total. The molecule has 1 aromatic carbocycles. The van der Waals surface area contributed by atoms with Crippen molar-refractivity contribution in [2.45, 2.75) is 37.0 Å². The molecule has 3 aromatic rings. The van der Waals surface area contributed by atoms with Crippen LogP contribution < -0.4 is 14.8 Å². The molecular weight excluding hydrogens is 440 g/mol. The number of hydrogen-bond donors (Lipinski definition) is 2. The highest BCUT2D eigenvalue weighted by Crippen LogP contribution is 2.27. The van der Waals surface area contributed by atoms with Gasteiger partial charge in [0.25, 0.3) is 15.9 Å². The van der Waals surface area contributed by atoms with Crippen LogP contribution in [-0.4, -0.2) is 30.9 Å². The van der Waals surface area contributed by atoms with Gasteiger partial charge in [0.15, 0.2) is 11.6 Å². The molecule has 2 heterocycles. The second-order valence-corrected chi connectivity index (χ2v) is 9.67. The van der Waals surface area contributed by atoms with Crippen LogP contribution in [-0.2, 0) is 10.0 Å². The van der Waals surface area contributed by atoms with E-state index in [1.165, 1.54) is 55.9 Å². The Hall–Kier alpha value is -3.46. The first-order chi connectivity index (χ1) is 16.0. The zero-order valence-electron chi connectivity index (χ0n) is 18.1. The average Bonchev–Trinajstić information content (AvgIpc) is 2.84. The van der Waals surface area contributed by atoms with E-state index < -0.39 is 15.9 Å². The molecule has 0 unspecified atom stereocenters. The smallest absolute Gasteiger partial charge is 0.261 e. The highest BCUT2D eigenvalue weighted by molar-refractivity contribution is 7.92. The number of sulfonamides is 1. The molecule has 33 heavy (non-hydrogen) atoms. The Balaban J connectivity index is 1.41. The molecule has 0 saturated heterocycles. The van der Waals surface area contributed by atoms with Crippen LogP contribution in [0.5, 0.6) is 5.75 Å². The van der Waals surface area contributed by atoms with Gasteiger partial charge in [-0.15, -0.1) is 0 Å². The summed E-state index contributed by atoms with van der Waals surface area (Å²) in [6, 6.07) is 12.4. The van der Waals surface area contributed by atoms with Gasteiger partial charge >= 0.3 is 0 Å². The normalized spacial score (nSPS) is 14.4. The van der Waals surface area contributed by atoms with Crippen molar-refractivity contribution in [3.05, 3.63) is 72.7 Å². The van der Waals surface area contributed by atoms with Crippen molar-refractivity contribution in [1.82, 2.24) is 9.97 Å². The molecule has 0 atom stereocenters. The molecule has 0 spiro atoms. The van der Waals surface area contributed by atoms with Crippen molar-refractivity contribution in [1.29, 1.82) is 0 Å². The zero-order valence-corrected chi connectivity index (χ0v) is 18.9. The number of anilines is 2. The lowest BCUT2D eigenvalue weighted by Crippen LogP contribution is -2.18. The van der Waals surface area contributed by atoms with E-state index in [2.05, 4.69) is 20.0 Å². The number of nitrogens with zero attached hydrogens (tertiary/aromatic N) is 2. The van der Waals surface area contributed by atoms with Gasteiger partial charge in [0, 0.05) is 24.2 Å². The Bertz CT molecular complexity index is 1180. The van der Waals surface area contributed by atoms with Gasteiger partial charge in [-0.25, -0.2) is 13.4 Å². The van der Waals surface area contributed by atoms with Crippen LogP contribution in [0, 0.1) is 5.92 Å². The van der Waals surface area contributed by atoms with E-state index >= 15 is 0 Å². The Kier molecular flexibility index (Phi) is 7.19. The number of benzene rings is 1. The van der Waals surface area contributed by atoms with E-state index in [9.17, 15) is 13.2 Å². The van der Waals surface area contributed by atoms with E-state index in [0.29, 0.717) is 35.3 Å². The van der Waals surface area contributed by atoms with Crippen LogP contribution in [0.15, 0.2) is 72.0 Å². The third-order valence-electron chi connectivity index (χ3n) is 5.56. The van der Waals surface area contributed by atoms with Gasteiger partial charge < -0.3 is 10.1 Å². The monoisotopic (exact) mass is 466 g/mol. The number of pyridine rings is 2. The number of amides is 1. The molecule has 1 saturated carbocycles. The summed E-state index contributed by atoms with van der Waals surface area (Å²) in [5.41, 5.74) is 0.712. The summed E-state index contributed by atoms with van der Waals surface area (Å²) >= 11 is 0. The molecule has 0 aliphatic heterocycles. The standard InChI is InChI=1S/C24H26N4O4S/c29-24(27-23-22(7-4-14-26-23)32-17-18-5-2-1-3-6-18)19-8-10-21(11-9-19)33(30,31)28-20-12-15-25-16-13-20/h4,7-16,18H,1-3,5-6,17H2,(H,25,28)(H,26,27,29). The number of carbonyl (C=O) groups excluding carboxylic acids is 1. The average molecular weight is 467 g/mol. The second kappa shape index (κ2) is 10.4. The van der Waals surface area contributed by atoms with Crippen LogP contribution in [0.25, 0.3) is 0 Å². The van der Waals surface area contributed by atoms with Gasteiger partial charge in [0.05, 0.1) is 17.2 Å². The quantitative estimate of drug-likeness (QED) is 0.506. The van der Waals surface area contributed by atoms with Crippen LogP contribution in [0.4, 0.5) is 11.5 Å². The summed E-state index contributed by atoms with van der Waals surface area (Å²) in [4.78, 5) is 20.9. The number of rotatable bonds is 8. The van der Waals surface area contributed by atoms with E-state index in [1.807, 2.05) is 0 Å². The molecule has 0 radical (unpaired) electrons. The van der Waals surface area contributed by atoms with E-state index in [0.717, 1.165) is 12.8 Å². The minimum absolute atomic E-state index is 0.0465. The van der Waals surface area contributed by atoms with Crippen LogP contribution in [0.2, 0.25) is 0 Å².